The van der Waals surface area contributed by atoms with Crippen LogP contribution in [0.2, 0.25) is 0 Å². The number of para-hydroxylation sites is 1. The van der Waals surface area contributed by atoms with E-state index >= 15 is 0 Å². The van der Waals surface area contributed by atoms with Crippen molar-refractivity contribution in [3.8, 4) is 11.5 Å². The summed E-state index contributed by atoms with van der Waals surface area (Å²) in [5.41, 5.74) is 4.02. The van der Waals surface area contributed by atoms with Gasteiger partial charge < -0.3 is 9.47 Å². The van der Waals surface area contributed by atoms with Crippen LogP contribution in [0.4, 0.5) is 4.39 Å². The van der Waals surface area contributed by atoms with Crippen molar-refractivity contribution >= 4 is 22.9 Å². The molecule has 1 amide bonds. The fraction of sp³-hybridized carbons (Fsp3) is 0.0769. The molecule has 0 atom stereocenters. The molecule has 0 aliphatic carbocycles. The first kappa shape index (κ1) is 21.1. The first-order chi connectivity index (χ1) is 15.7. The Morgan fingerprint density at radius 3 is 2.41 bits per heavy atom. The van der Waals surface area contributed by atoms with Crippen molar-refractivity contribution in [3.63, 3.8) is 0 Å². The zero-order valence-electron chi connectivity index (χ0n) is 17.4. The summed E-state index contributed by atoms with van der Waals surface area (Å²) < 4.78 is 25.0. The molecule has 4 aromatic rings. The predicted octanol–water partition coefficient (Wildman–Crippen LogP) is 5.33. The molecule has 6 heteroatoms. The van der Waals surface area contributed by atoms with Gasteiger partial charge in [0.1, 0.15) is 23.9 Å². The normalized spacial score (nSPS) is 10.9. The molecule has 0 saturated carbocycles. The SMILES string of the molecule is COc1cc2ccccc2cc1C(=O)NN=Cc1ccccc1OCc1ccccc1F. The van der Waals surface area contributed by atoms with E-state index in [2.05, 4.69) is 10.5 Å². The standard InChI is InChI=1S/C26H21FN2O3/c1-31-25-15-19-9-3-2-8-18(19)14-22(25)26(30)29-28-16-20-10-5-7-13-24(20)32-17-21-11-4-6-12-23(21)27/h2-16H,17H2,1H3,(H,29,30). The lowest BCUT2D eigenvalue weighted by Crippen LogP contribution is -2.18. The van der Waals surface area contributed by atoms with Crippen molar-refractivity contribution in [1.82, 2.24) is 5.43 Å². The second kappa shape index (κ2) is 9.75. The van der Waals surface area contributed by atoms with Crippen LogP contribution in [0.5, 0.6) is 11.5 Å². The first-order valence-corrected chi connectivity index (χ1v) is 10.0. The van der Waals surface area contributed by atoms with Crippen LogP contribution < -0.4 is 14.9 Å². The maximum atomic E-state index is 13.8. The van der Waals surface area contributed by atoms with E-state index in [0.29, 0.717) is 28.2 Å². The van der Waals surface area contributed by atoms with Crippen LogP contribution in [0.25, 0.3) is 10.8 Å². The van der Waals surface area contributed by atoms with Gasteiger partial charge in [-0.2, -0.15) is 5.10 Å². The number of nitrogens with one attached hydrogen (secondary N) is 1. The molecular weight excluding hydrogens is 407 g/mol. The van der Waals surface area contributed by atoms with E-state index in [1.165, 1.54) is 19.4 Å². The summed E-state index contributed by atoms with van der Waals surface area (Å²) in [6, 6.07) is 24.9. The minimum Gasteiger partial charge on any atom is -0.496 e. The molecular formula is C26H21FN2O3. The molecule has 32 heavy (non-hydrogen) atoms. The number of amides is 1. The number of nitrogens with zero attached hydrogens (tertiary/aromatic N) is 1. The Morgan fingerprint density at radius 1 is 0.938 bits per heavy atom. The number of hydrogen-bond acceptors (Lipinski definition) is 4. The summed E-state index contributed by atoms with van der Waals surface area (Å²) in [5.74, 6) is 0.269. The Morgan fingerprint density at radius 2 is 1.62 bits per heavy atom. The van der Waals surface area contributed by atoms with Crippen molar-refractivity contribution in [2.75, 3.05) is 7.11 Å². The van der Waals surface area contributed by atoms with E-state index in [-0.39, 0.29) is 12.4 Å². The van der Waals surface area contributed by atoms with Crippen LogP contribution in [-0.2, 0) is 6.61 Å². The third-order valence-electron chi connectivity index (χ3n) is 4.94. The van der Waals surface area contributed by atoms with Gasteiger partial charge >= 0.3 is 0 Å². The lowest BCUT2D eigenvalue weighted by Gasteiger charge is -2.10. The average Bonchev–Trinajstić information content (AvgIpc) is 2.83. The van der Waals surface area contributed by atoms with Crippen LogP contribution >= 0.6 is 0 Å². The van der Waals surface area contributed by atoms with Crippen molar-refractivity contribution in [2.24, 2.45) is 5.10 Å². The molecule has 160 valence electrons. The van der Waals surface area contributed by atoms with Gasteiger partial charge in [0.05, 0.1) is 18.9 Å². The van der Waals surface area contributed by atoms with Crippen LogP contribution in [0.1, 0.15) is 21.5 Å². The third kappa shape index (κ3) is 4.75. The van der Waals surface area contributed by atoms with E-state index in [4.69, 9.17) is 9.47 Å². The number of carbonyl (C=O) groups is 1. The van der Waals surface area contributed by atoms with Gasteiger partial charge in [-0.25, -0.2) is 9.82 Å². The molecule has 0 heterocycles. The first-order valence-electron chi connectivity index (χ1n) is 10.0. The third-order valence-corrected chi connectivity index (χ3v) is 4.94. The van der Waals surface area contributed by atoms with Gasteiger partial charge in [0.15, 0.2) is 0 Å². The van der Waals surface area contributed by atoms with Gasteiger partial charge in [-0.15, -0.1) is 0 Å². The second-order valence-electron chi connectivity index (χ2n) is 7.02. The summed E-state index contributed by atoms with van der Waals surface area (Å²) in [7, 11) is 1.52. The van der Waals surface area contributed by atoms with Crippen LogP contribution in [-0.4, -0.2) is 19.2 Å². The van der Waals surface area contributed by atoms with E-state index in [1.807, 2.05) is 42.5 Å². The van der Waals surface area contributed by atoms with E-state index in [0.717, 1.165) is 10.8 Å². The fourth-order valence-electron chi connectivity index (χ4n) is 3.28. The Hall–Kier alpha value is -4.19. The largest absolute Gasteiger partial charge is 0.496 e. The Bertz CT molecular complexity index is 1290. The number of carbonyl (C=O) groups excluding carboxylic acids is 1. The molecule has 4 rings (SSSR count). The molecule has 0 saturated heterocycles. The molecule has 0 spiro atoms. The maximum Gasteiger partial charge on any atom is 0.275 e. The quantitative estimate of drug-likeness (QED) is 0.320. The summed E-state index contributed by atoms with van der Waals surface area (Å²) >= 11 is 0. The fourth-order valence-corrected chi connectivity index (χ4v) is 3.28. The minimum atomic E-state index is -0.395. The van der Waals surface area contributed by atoms with E-state index < -0.39 is 5.91 Å². The van der Waals surface area contributed by atoms with Crippen LogP contribution in [0.15, 0.2) is 90.0 Å². The average molecular weight is 428 g/mol. The molecule has 0 bridgehead atoms. The maximum absolute atomic E-state index is 13.8. The minimum absolute atomic E-state index is 0.0815. The van der Waals surface area contributed by atoms with Crippen molar-refractivity contribution in [3.05, 3.63) is 107 Å². The molecule has 0 radical (unpaired) electrons. The molecule has 0 unspecified atom stereocenters. The number of halogens is 1. The highest BCUT2D eigenvalue weighted by Crippen LogP contribution is 2.26. The summed E-state index contributed by atoms with van der Waals surface area (Å²) in [4.78, 5) is 12.7. The van der Waals surface area contributed by atoms with Gasteiger partial charge in [0, 0.05) is 11.1 Å². The smallest absolute Gasteiger partial charge is 0.275 e. The van der Waals surface area contributed by atoms with Gasteiger partial charge in [-0.1, -0.05) is 54.6 Å². The Kier molecular flexibility index (Phi) is 6.41. The number of hydrazone groups is 1. The Labute approximate surface area is 185 Å². The van der Waals surface area contributed by atoms with Crippen LogP contribution in [0, 0.1) is 5.82 Å². The zero-order chi connectivity index (χ0) is 22.3. The van der Waals surface area contributed by atoms with Crippen molar-refractivity contribution in [2.45, 2.75) is 6.61 Å². The molecule has 0 fully saturated rings. The summed E-state index contributed by atoms with van der Waals surface area (Å²) in [5, 5.41) is 5.97. The molecule has 0 aliphatic heterocycles. The molecule has 1 N–H and O–H groups in total. The van der Waals surface area contributed by atoms with E-state index in [9.17, 15) is 9.18 Å². The van der Waals surface area contributed by atoms with Crippen molar-refractivity contribution < 1.29 is 18.7 Å². The number of methoxy groups -OCH3 is 1. The van der Waals surface area contributed by atoms with Gasteiger partial charge in [-0.3, -0.25) is 4.79 Å². The summed E-state index contributed by atoms with van der Waals surface area (Å²) in [6.07, 6.45) is 1.49. The number of fused-ring (bicyclic) bond motifs is 1. The van der Waals surface area contributed by atoms with Gasteiger partial charge in [-0.05, 0) is 41.1 Å². The lowest BCUT2D eigenvalue weighted by atomic mass is 10.1. The number of benzene rings is 4. The lowest BCUT2D eigenvalue weighted by molar-refractivity contribution is 0.0952. The van der Waals surface area contributed by atoms with Gasteiger partial charge in [0.25, 0.3) is 5.91 Å². The number of ether oxygens (including phenoxy) is 2. The highest BCUT2D eigenvalue weighted by Gasteiger charge is 2.13. The predicted molar refractivity (Wildman–Crippen MR) is 123 cm³/mol. The Balaban J connectivity index is 1.48. The highest BCUT2D eigenvalue weighted by atomic mass is 19.1. The topological polar surface area (TPSA) is 59.9 Å². The molecule has 0 aromatic heterocycles. The van der Waals surface area contributed by atoms with Crippen molar-refractivity contribution in [1.29, 1.82) is 0 Å². The molecule has 4 aromatic carbocycles. The molecule has 0 aliphatic rings. The highest BCUT2D eigenvalue weighted by molar-refractivity contribution is 6.02. The second-order valence-corrected chi connectivity index (χ2v) is 7.02. The van der Waals surface area contributed by atoms with E-state index in [1.54, 1.807) is 36.4 Å². The molecule has 5 nitrogen and oxygen atoms in total. The summed E-state index contributed by atoms with van der Waals surface area (Å²) in [6.45, 7) is 0.0815. The zero-order valence-corrected chi connectivity index (χ0v) is 17.4. The van der Waals surface area contributed by atoms with Gasteiger partial charge in [0.2, 0.25) is 0 Å². The number of rotatable bonds is 7. The monoisotopic (exact) mass is 428 g/mol. The van der Waals surface area contributed by atoms with Crippen LogP contribution in [0.3, 0.4) is 0 Å². The number of hydrogen-bond donors (Lipinski definition) is 1.